The van der Waals surface area contributed by atoms with E-state index < -0.39 is 57.8 Å². The van der Waals surface area contributed by atoms with Crippen molar-refractivity contribution >= 4 is 25.7 Å². The fourth-order valence-corrected chi connectivity index (χ4v) is 8.21. The number of hydrogen-bond acceptors (Lipinski definition) is 10. The van der Waals surface area contributed by atoms with Crippen LogP contribution in [0.3, 0.4) is 0 Å². The number of unbranched alkanes of at least 4 members (excludes halogenated alkanes) is 16. The van der Waals surface area contributed by atoms with Crippen molar-refractivity contribution < 1.29 is 52.2 Å². The number of esters is 3. The molecule has 0 aliphatic heterocycles. The van der Waals surface area contributed by atoms with E-state index in [1.54, 1.807) is 0 Å². The number of rotatable bonds is 53. The summed E-state index contributed by atoms with van der Waals surface area (Å²) in [6.07, 6.45) is 70.1. The maximum Gasteiger partial charge on any atom is 0.472 e. The van der Waals surface area contributed by atoms with Crippen LogP contribution in [0.5, 0.6) is 0 Å². The average Bonchev–Trinajstić information content (AvgIpc) is 3.41. The summed E-state index contributed by atoms with van der Waals surface area (Å²) in [5, 5.41) is 9.83. The Labute approximate surface area is 462 Å². The van der Waals surface area contributed by atoms with E-state index >= 15 is 0 Å². The lowest BCUT2D eigenvalue weighted by Crippen LogP contribution is -2.30. The zero-order valence-electron chi connectivity index (χ0n) is 47.7. The Bertz CT molecular complexity index is 1740. The predicted octanol–water partition coefficient (Wildman–Crippen LogP) is 17.6. The van der Waals surface area contributed by atoms with Gasteiger partial charge >= 0.3 is 25.7 Å². The van der Waals surface area contributed by atoms with Gasteiger partial charge in [0.15, 0.2) is 6.10 Å². The van der Waals surface area contributed by atoms with E-state index in [2.05, 4.69) is 142 Å². The molecule has 0 aliphatic rings. The lowest BCUT2D eigenvalue weighted by atomic mass is 10.1. The molecule has 0 radical (unpaired) electrons. The number of carbonyl (C=O) groups excluding carboxylic acids is 3. The predicted molar refractivity (Wildman–Crippen MR) is 316 cm³/mol. The van der Waals surface area contributed by atoms with Gasteiger partial charge in [-0.3, -0.25) is 23.4 Å². The molecule has 0 saturated heterocycles. The molecule has 0 saturated carbocycles. The van der Waals surface area contributed by atoms with Gasteiger partial charge in [0.2, 0.25) is 0 Å². The number of allylic oxidation sites excluding steroid dienone is 20. The van der Waals surface area contributed by atoms with E-state index in [0.29, 0.717) is 19.3 Å². The van der Waals surface area contributed by atoms with E-state index in [-0.39, 0.29) is 25.9 Å². The van der Waals surface area contributed by atoms with E-state index in [0.717, 1.165) is 128 Å². The van der Waals surface area contributed by atoms with Crippen molar-refractivity contribution in [2.24, 2.45) is 0 Å². The van der Waals surface area contributed by atoms with Crippen LogP contribution in [0.2, 0.25) is 0 Å². The summed E-state index contributed by atoms with van der Waals surface area (Å²) in [5.74, 6) is -1.56. The topological polar surface area (TPSA) is 155 Å². The molecule has 12 heteroatoms. The number of aliphatic hydroxyl groups excluding tert-OH is 1. The van der Waals surface area contributed by atoms with Crippen molar-refractivity contribution in [3.05, 3.63) is 122 Å². The first kappa shape index (κ1) is 71.9. The highest BCUT2D eigenvalue weighted by atomic mass is 31.2. The smallest absolute Gasteiger partial charge is 0.462 e. The fourth-order valence-electron chi connectivity index (χ4n) is 7.43. The van der Waals surface area contributed by atoms with Gasteiger partial charge in [-0.2, -0.15) is 0 Å². The second kappa shape index (κ2) is 57.1. The molecule has 3 atom stereocenters. The summed E-state index contributed by atoms with van der Waals surface area (Å²) < 4.78 is 39.5. The van der Waals surface area contributed by atoms with Crippen LogP contribution in [-0.2, 0) is 42.2 Å². The maximum absolute atomic E-state index is 12.9. The fraction of sp³-hybridized carbons (Fsp3) is 0.641. The van der Waals surface area contributed by atoms with E-state index in [1.807, 2.05) is 0 Å². The number of carbonyl (C=O) groups is 3. The largest absolute Gasteiger partial charge is 0.472 e. The monoisotopic (exact) mass is 1080 g/mol. The van der Waals surface area contributed by atoms with E-state index in [4.69, 9.17) is 23.3 Å². The van der Waals surface area contributed by atoms with Crippen LogP contribution in [0.1, 0.15) is 226 Å². The Hall–Kier alpha value is -4.12. The maximum atomic E-state index is 12.9. The van der Waals surface area contributed by atoms with Crippen molar-refractivity contribution in [3.63, 3.8) is 0 Å². The molecule has 11 nitrogen and oxygen atoms in total. The summed E-state index contributed by atoms with van der Waals surface area (Å²) in [5.41, 5.74) is 0. The van der Waals surface area contributed by atoms with Crippen LogP contribution in [-0.4, -0.2) is 66.5 Å². The SMILES string of the molecule is CC/C=C\C/C=C\C/C=C\C/C=C\C/C=C\CCCCCC(=O)OC(COC(=O)CCCCC/C=C\C/C=C\C/C=C\CC)COP(=O)(O)OCC(CO)OC(=O)CCCCCCCCC/C=C\C/C=C\CCCCC. The summed E-state index contributed by atoms with van der Waals surface area (Å²) in [6.45, 7) is 4.30. The van der Waals surface area contributed by atoms with Gasteiger partial charge < -0.3 is 24.2 Å². The van der Waals surface area contributed by atoms with Gasteiger partial charge in [0.05, 0.1) is 19.8 Å². The molecule has 2 N–H and O–H groups in total. The first-order valence-corrected chi connectivity index (χ1v) is 30.9. The molecular weight excluding hydrogens is 976 g/mol. The van der Waals surface area contributed by atoms with Gasteiger partial charge in [-0.1, -0.05) is 200 Å². The quantitative estimate of drug-likeness (QED) is 0.0197. The highest BCUT2D eigenvalue weighted by Gasteiger charge is 2.28. The zero-order valence-corrected chi connectivity index (χ0v) is 48.6. The minimum atomic E-state index is -4.77. The molecule has 0 amide bonds. The minimum Gasteiger partial charge on any atom is -0.462 e. The Morgan fingerprint density at radius 1 is 0.382 bits per heavy atom. The third-order valence-electron chi connectivity index (χ3n) is 11.8. The van der Waals surface area contributed by atoms with Crippen LogP contribution in [0, 0.1) is 0 Å². The van der Waals surface area contributed by atoms with Crippen molar-refractivity contribution in [2.75, 3.05) is 26.4 Å². The molecule has 0 heterocycles. The van der Waals surface area contributed by atoms with Crippen LogP contribution in [0.25, 0.3) is 0 Å². The van der Waals surface area contributed by atoms with Crippen LogP contribution < -0.4 is 0 Å². The van der Waals surface area contributed by atoms with Gasteiger partial charge in [-0.05, 0) is 128 Å². The minimum absolute atomic E-state index is 0.115. The van der Waals surface area contributed by atoms with Crippen LogP contribution in [0.4, 0.5) is 0 Å². The lowest BCUT2D eigenvalue weighted by Gasteiger charge is -2.21. The third-order valence-corrected chi connectivity index (χ3v) is 12.8. The first-order chi connectivity index (χ1) is 37.2. The highest BCUT2D eigenvalue weighted by molar-refractivity contribution is 7.47. The van der Waals surface area contributed by atoms with Crippen molar-refractivity contribution in [1.82, 2.24) is 0 Å². The van der Waals surface area contributed by atoms with Gasteiger partial charge in [0, 0.05) is 19.3 Å². The Morgan fingerprint density at radius 3 is 1.07 bits per heavy atom. The van der Waals surface area contributed by atoms with Gasteiger partial charge in [-0.15, -0.1) is 0 Å². The number of hydrogen-bond donors (Lipinski definition) is 2. The summed E-state index contributed by atoms with van der Waals surface area (Å²) in [7, 11) is -4.77. The van der Waals surface area contributed by atoms with E-state index in [9.17, 15) is 28.9 Å². The number of ether oxygens (including phenoxy) is 3. The first-order valence-electron chi connectivity index (χ1n) is 29.4. The molecule has 432 valence electrons. The number of aliphatic hydroxyl groups is 1. The average molecular weight is 1080 g/mol. The molecule has 0 aromatic carbocycles. The number of phosphoric acid groups is 1. The van der Waals surface area contributed by atoms with Crippen LogP contribution in [0.15, 0.2) is 122 Å². The van der Waals surface area contributed by atoms with E-state index in [1.165, 1.54) is 38.5 Å². The third kappa shape index (κ3) is 54.7. The normalized spacial score (nSPS) is 14.2. The Kier molecular flexibility index (Phi) is 54.0. The second-order valence-electron chi connectivity index (χ2n) is 19.0. The molecule has 0 bridgehead atoms. The lowest BCUT2D eigenvalue weighted by molar-refractivity contribution is -0.161. The molecule has 76 heavy (non-hydrogen) atoms. The summed E-state index contributed by atoms with van der Waals surface area (Å²) >= 11 is 0. The van der Waals surface area contributed by atoms with Gasteiger partial charge in [0.1, 0.15) is 12.7 Å². The second-order valence-corrected chi connectivity index (χ2v) is 20.5. The number of phosphoric ester groups is 1. The standard InChI is InChI=1S/C64H105O11P/c1-4-7-10-13-16-19-22-25-27-29-30-32-34-37-40-43-46-49-52-55-64(68)75-61(57-71-62(66)53-50-47-44-41-38-35-24-21-18-15-12-9-6-3)59-73-76(69,70)72-58-60(56-65)74-63(67)54-51-48-45-42-39-36-33-31-28-26-23-20-17-14-11-8-5-2/h7,9-10,12,16-21,25-28,30,32,35,37-38,40,60-61,65H,4-6,8,11,13-15,22-24,29,31,33-34,36,39,41-59H2,1-3H3,(H,69,70)/b10-7-,12-9-,19-16-,20-17-,21-18-,27-25-,28-26-,32-30-,38-35-,40-37-. The zero-order chi connectivity index (χ0) is 55.5. The molecule has 0 rings (SSSR count). The molecule has 3 unspecified atom stereocenters. The molecule has 0 aliphatic carbocycles. The van der Waals surface area contributed by atoms with Crippen molar-refractivity contribution in [1.29, 1.82) is 0 Å². The van der Waals surface area contributed by atoms with Gasteiger partial charge in [-0.25, -0.2) is 4.57 Å². The van der Waals surface area contributed by atoms with Crippen molar-refractivity contribution in [2.45, 2.75) is 238 Å². The summed E-state index contributed by atoms with van der Waals surface area (Å²) in [4.78, 5) is 48.6. The molecule has 0 spiro atoms. The Balaban J connectivity index is 4.80. The molecule has 0 aromatic heterocycles. The van der Waals surface area contributed by atoms with Gasteiger partial charge in [0.25, 0.3) is 0 Å². The Morgan fingerprint density at radius 2 is 0.684 bits per heavy atom. The molecule has 0 aromatic rings. The summed E-state index contributed by atoms with van der Waals surface area (Å²) in [6, 6.07) is 0. The van der Waals surface area contributed by atoms with Crippen LogP contribution >= 0.6 is 7.82 Å². The molecule has 0 fully saturated rings. The van der Waals surface area contributed by atoms with Crippen molar-refractivity contribution in [3.8, 4) is 0 Å². The highest BCUT2D eigenvalue weighted by Crippen LogP contribution is 2.43. The molecular formula is C64H105O11P.